The zero-order valence-corrected chi connectivity index (χ0v) is 13.0. The minimum atomic E-state index is 0. The fourth-order valence-corrected chi connectivity index (χ4v) is 3.13. The Hall–Kier alpha value is -0.320. The maximum atomic E-state index is 12.3. The lowest BCUT2D eigenvalue weighted by Crippen LogP contribution is -2.44. The molecule has 0 aromatic carbocycles. The molecule has 2 N–H and O–H groups in total. The lowest BCUT2D eigenvalue weighted by molar-refractivity contribution is -0.133. The number of carbonyl (C=O) groups is 1. The van der Waals surface area contributed by atoms with Gasteiger partial charge in [0.1, 0.15) is 0 Å². The lowest BCUT2D eigenvalue weighted by Gasteiger charge is -2.32. The summed E-state index contributed by atoms with van der Waals surface area (Å²) >= 11 is 0. The Balaban J connectivity index is 0.00000180. The van der Waals surface area contributed by atoms with Crippen LogP contribution in [0.4, 0.5) is 0 Å². The van der Waals surface area contributed by atoms with Gasteiger partial charge in [-0.05, 0) is 43.7 Å². The molecule has 19 heavy (non-hydrogen) atoms. The molecular weight excluding hydrogens is 262 g/mol. The Kier molecular flexibility index (Phi) is 6.09. The van der Waals surface area contributed by atoms with Crippen LogP contribution in [0.15, 0.2) is 0 Å². The Morgan fingerprint density at radius 2 is 2.16 bits per heavy atom. The summed E-state index contributed by atoms with van der Waals surface area (Å²) in [7, 11) is 0. The third-order valence-electron chi connectivity index (χ3n) is 4.50. The van der Waals surface area contributed by atoms with Crippen molar-refractivity contribution in [3.05, 3.63) is 0 Å². The highest BCUT2D eigenvalue weighted by molar-refractivity contribution is 5.85. The van der Waals surface area contributed by atoms with Crippen molar-refractivity contribution in [2.75, 3.05) is 39.3 Å². The van der Waals surface area contributed by atoms with Gasteiger partial charge in [-0.1, -0.05) is 13.8 Å². The molecule has 0 spiro atoms. The van der Waals surface area contributed by atoms with Crippen LogP contribution in [0.1, 0.15) is 33.1 Å². The molecular formula is C14H28ClN3O. The summed E-state index contributed by atoms with van der Waals surface area (Å²) in [5, 5.41) is 0. The van der Waals surface area contributed by atoms with Crippen LogP contribution in [0, 0.1) is 11.3 Å². The van der Waals surface area contributed by atoms with Gasteiger partial charge in [0.05, 0.1) is 6.54 Å². The number of halogens is 1. The Bertz CT molecular complexity index is 313. The topological polar surface area (TPSA) is 49.6 Å². The fraction of sp³-hybridized carbons (Fsp3) is 0.929. The molecule has 2 unspecified atom stereocenters. The van der Waals surface area contributed by atoms with Crippen molar-refractivity contribution >= 4 is 18.3 Å². The second kappa shape index (κ2) is 6.91. The molecule has 2 heterocycles. The van der Waals surface area contributed by atoms with Crippen molar-refractivity contribution < 1.29 is 4.79 Å². The van der Waals surface area contributed by atoms with Crippen LogP contribution in [0.2, 0.25) is 0 Å². The molecule has 2 fully saturated rings. The second-order valence-corrected chi connectivity index (χ2v) is 6.56. The summed E-state index contributed by atoms with van der Waals surface area (Å²) in [6.07, 6.45) is 3.54. The molecule has 0 radical (unpaired) electrons. The molecule has 0 aliphatic carbocycles. The van der Waals surface area contributed by atoms with Gasteiger partial charge in [0.15, 0.2) is 0 Å². The molecule has 2 saturated heterocycles. The van der Waals surface area contributed by atoms with Crippen molar-refractivity contribution in [1.82, 2.24) is 9.80 Å². The number of nitrogens with two attached hydrogens (primary N) is 1. The van der Waals surface area contributed by atoms with Gasteiger partial charge >= 0.3 is 0 Å². The molecule has 5 heteroatoms. The van der Waals surface area contributed by atoms with Gasteiger partial charge in [0.25, 0.3) is 0 Å². The first-order valence-corrected chi connectivity index (χ1v) is 7.23. The minimum Gasteiger partial charge on any atom is -0.341 e. The van der Waals surface area contributed by atoms with Crippen LogP contribution in [0.3, 0.4) is 0 Å². The van der Waals surface area contributed by atoms with Crippen molar-refractivity contribution in [1.29, 1.82) is 0 Å². The number of piperidine rings is 1. The first-order valence-electron chi connectivity index (χ1n) is 7.23. The highest BCUT2D eigenvalue weighted by Gasteiger charge is 2.34. The summed E-state index contributed by atoms with van der Waals surface area (Å²) in [5.74, 6) is 0.971. The van der Waals surface area contributed by atoms with E-state index >= 15 is 0 Å². The molecule has 0 saturated carbocycles. The fourth-order valence-electron chi connectivity index (χ4n) is 3.13. The number of likely N-dealkylation sites (tertiary alicyclic amines) is 2. The van der Waals surface area contributed by atoms with Gasteiger partial charge in [0, 0.05) is 19.6 Å². The van der Waals surface area contributed by atoms with Crippen LogP contribution >= 0.6 is 12.4 Å². The van der Waals surface area contributed by atoms with Crippen molar-refractivity contribution in [3.63, 3.8) is 0 Å². The SMILES string of the molecule is CC1CCCN(C(=O)CN2CCC(C)(CN)C2)C1.Cl. The van der Waals surface area contributed by atoms with Crippen LogP contribution < -0.4 is 5.73 Å². The molecule has 0 bridgehead atoms. The third-order valence-corrected chi connectivity index (χ3v) is 4.50. The van der Waals surface area contributed by atoms with E-state index in [1.807, 2.05) is 4.90 Å². The quantitative estimate of drug-likeness (QED) is 0.853. The molecule has 0 aromatic rings. The van der Waals surface area contributed by atoms with Gasteiger partial charge in [-0.3, -0.25) is 9.69 Å². The number of rotatable bonds is 3. The molecule has 2 rings (SSSR count). The summed E-state index contributed by atoms with van der Waals surface area (Å²) in [4.78, 5) is 16.6. The van der Waals surface area contributed by atoms with Gasteiger partial charge in [0.2, 0.25) is 5.91 Å². The molecule has 2 atom stereocenters. The summed E-state index contributed by atoms with van der Waals surface area (Å²) in [6, 6.07) is 0. The zero-order chi connectivity index (χ0) is 13.2. The highest BCUT2D eigenvalue weighted by atomic mass is 35.5. The van der Waals surface area contributed by atoms with E-state index in [0.717, 1.165) is 45.6 Å². The Morgan fingerprint density at radius 3 is 2.74 bits per heavy atom. The Morgan fingerprint density at radius 1 is 1.42 bits per heavy atom. The van der Waals surface area contributed by atoms with Crippen LogP contribution in [0.25, 0.3) is 0 Å². The molecule has 2 aliphatic heterocycles. The molecule has 112 valence electrons. The number of amides is 1. The molecule has 2 aliphatic rings. The first kappa shape index (κ1) is 16.7. The number of carbonyl (C=O) groups excluding carboxylic acids is 1. The predicted octanol–water partition coefficient (Wildman–Crippen LogP) is 1.34. The van der Waals surface area contributed by atoms with Crippen molar-refractivity contribution in [2.45, 2.75) is 33.1 Å². The molecule has 4 nitrogen and oxygen atoms in total. The first-order chi connectivity index (χ1) is 8.52. The average Bonchev–Trinajstić information content (AvgIpc) is 2.72. The summed E-state index contributed by atoms with van der Waals surface area (Å²) in [5.41, 5.74) is 6.02. The summed E-state index contributed by atoms with van der Waals surface area (Å²) in [6.45, 7) is 9.65. The summed E-state index contributed by atoms with van der Waals surface area (Å²) < 4.78 is 0. The van der Waals surface area contributed by atoms with E-state index in [0.29, 0.717) is 18.4 Å². The second-order valence-electron chi connectivity index (χ2n) is 6.56. The standard InChI is InChI=1S/C14H27N3O.ClH/c1-12-4-3-6-17(8-12)13(18)9-16-7-5-14(2,10-15)11-16;/h12H,3-11,15H2,1-2H3;1H. The highest BCUT2D eigenvalue weighted by Crippen LogP contribution is 2.28. The number of hydrogen-bond acceptors (Lipinski definition) is 3. The molecule has 0 aromatic heterocycles. The maximum absolute atomic E-state index is 12.3. The minimum absolute atomic E-state index is 0. The van der Waals surface area contributed by atoms with Gasteiger partial charge in [-0.25, -0.2) is 0 Å². The lowest BCUT2D eigenvalue weighted by atomic mass is 9.90. The third kappa shape index (κ3) is 4.33. The number of nitrogens with zero attached hydrogens (tertiary/aromatic N) is 2. The largest absolute Gasteiger partial charge is 0.341 e. The Labute approximate surface area is 123 Å². The van der Waals surface area contributed by atoms with E-state index in [1.54, 1.807) is 0 Å². The van der Waals surface area contributed by atoms with E-state index in [1.165, 1.54) is 6.42 Å². The van der Waals surface area contributed by atoms with Gasteiger partial charge in [-0.15, -0.1) is 12.4 Å². The van der Waals surface area contributed by atoms with Gasteiger partial charge < -0.3 is 10.6 Å². The van der Waals surface area contributed by atoms with Gasteiger partial charge in [-0.2, -0.15) is 0 Å². The maximum Gasteiger partial charge on any atom is 0.236 e. The van der Waals surface area contributed by atoms with E-state index in [4.69, 9.17) is 5.73 Å². The normalized spacial score (nSPS) is 32.2. The van der Waals surface area contributed by atoms with Crippen molar-refractivity contribution in [3.8, 4) is 0 Å². The van der Waals surface area contributed by atoms with Crippen LogP contribution in [-0.2, 0) is 4.79 Å². The van der Waals surface area contributed by atoms with E-state index in [-0.39, 0.29) is 17.8 Å². The zero-order valence-electron chi connectivity index (χ0n) is 12.2. The van der Waals surface area contributed by atoms with E-state index in [2.05, 4.69) is 18.7 Å². The predicted molar refractivity (Wildman–Crippen MR) is 80.4 cm³/mol. The van der Waals surface area contributed by atoms with Crippen LogP contribution in [0.5, 0.6) is 0 Å². The van der Waals surface area contributed by atoms with E-state index < -0.39 is 0 Å². The molecule has 1 amide bonds. The number of hydrogen-bond donors (Lipinski definition) is 1. The monoisotopic (exact) mass is 289 g/mol. The van der Waals surface area contributed by atoms with Crippen LogP contribution in [-0.4, -0.2) is 55.0 Å². The average molecular weight is 290 g/mol. The van der Waals surface area contributed by atoms with E-state index in [9.17, 15) is 4.79 Å². The van der Waals surface area contributed by atoms with Crippen molar-refractivity contribution in [2.24, 2.45) is 17.1 Å². The smallest absolute Gasteiger partial charge is 0.236 e.